The van der Waals surface area contributed by atoms with Gasteiger partial charge in [0.25, 0.3) is 0 Å². The zero-order valence-corrected chi connectivity index (χ0v) is 38.0. The van der Waals surface area contributed by atoms with Crippen LogP contribution in [-0.4, -0.2) is 9.97 Å². The molecule has 0 radical (unpaired) electrons. The highest BCUT2D eigenvalue weighted by Gasteiger charge is 2.46. The lowest BCUT2D eigenvalue weighted by molar-refractivity contribution is 0.660. The first-order valence-electron chi connectivity index (χ1n) is 23.6. The Hall–Kier alpha value is -8.46. The highest BCUT2D eigenvalue weighted by atomic mass is 14.9. The fourth-order valence-electron chi connectivity index (χ4n) is 11.7. The van der Waals surface area contributed by atoms with Gasteiger partial charge in [0.1, 0.15) is 0 Å². The number of hydrogen-bond acceptors (Lipinski definition) is 2. The van der Waals surface area contributed by atoms with Crippen molar-refractivity contribution in [1.29, 1.82) is 0 Å². The summed E-state index contributed by atoms with van der Waals surface area (Å²) in [5.41, 5.74) is 22.1. The van der Waals surface area contributed by atoms with Crippen LogP contribution < -0.4 is 0 Å². The first-order chi connectivity index (χ1) is 33.5. The molecule has 68 heavy (non-hydrogen) atoms. The van der Waals surface area contributed by atoms with Crippen molar-refractivity contribution in [3.63, 3.8) is 0 Å². The van der Waals surface area contributed by atoms with Crippen molar-refractivity contribution in [3.05, 3.63) is 276 Å². The zero-order valence-electron chi connectivity index (χ0n) is 38.0. The molecule has 13 rings (SSSR count). The maximum absolute atomic E-state index is 5.39. The van der Waals surface area contributed by atoms with Gasteiger partial charge in [-0.3, -0.25) is 0 Å². The molecule has 11 aromatic rings. The molecule has 0 unspecified atom stereocenters. The molecule has 0 aliphatic heterocycles. The molecule has 2 aliphatic rings. The second-order valence-corrected chi connectivity index (χ2v) is 18.8. The van der Waals surface area contributed by atoms with Crippen molar-refractivity contribution in [2.75, 3.05) is 0 Å². The normalized spacial score (nSPS) is 13.7. The second-order valence-electron chi connectivity index (χ2n) is 18.8. The summed E-state index contributed by atoms with van der Waals surface area (Å²) in [6.07, 6.45) is 0. The molecular formula is C66H46N2. The summed E-state index contributed by atoms with van der Waals surface area (Å²) >= 11 is 0. The van der Waals surface area contributed by atoms with E-state index in [1.807, 2.05) is 6.07 Å². The SMILES string of the molecule is CC1(C)c2ccccc2-c2c(-c3cccc(-c4ccc(-c5cc(-c6ccc7c(c6)C(c6ccccc6)(c6ccccc6)c6ccccc6-7)nc(-c6ccccc6)n5)c5ccccc45)c3)cccc21. The van der Waals surface area contributed by atoms with Crippen molar-refractivity contribution in [3.8, 4) is 78.4 Å². The van der Waals surface area contributed by atoms with Gasteiger partial charge in [0.05, 0.1) is 16.8 Å². The summed E-state index contributed by atoms with van der Waals surface area (Å²) in [5.74, 6) is 0.695. The summed E-state index contributed by atoms with van der Waals surface area (Å²) in [6, 6.07) is 88.6. The second kappa shape index (κ2) is 15.6. The van der Waals surface area contributed by atoms with E-state index in [9.17, 15) is 0 Å². The van der Waals surface area contributed by atoms with E-state index >= 15 is 0 Å². The fourth-order valence-corrected chi connectivity index (χ4v) is 11.7. The van der Waals surface area contributed by atoms with Crippen LogP contribution in [0.4, 0.5) is 0 Å². The van der Waals surface area contributed by atoms with Gasteiger partial charge >= 0.3 is 0 Å². The van der Waals surface area contributed by atoms with Gasteiger partial charge < -0.3 is 0 Å². The summed E-state index contributed by atoms with van der Waals surface area (Å²) < 4.78 is 0. The lowest BCUT2D eigenvalue weighted by atomic mass is 9.67. The quantitative estimate of drug-likeness (QED) is 0.159. The molecule has 0 fully saturated rings. The first-order valence-corrected chi connectivity index (χ1v) is 23.6. The van der Waals surface area contributed by atoms with Gasteiger partial charge in [-0.25, -0.2) is 9.97 Å². The molecule has 0 saturated heterocycles. The van der Waals surface area contributed by atoms with Crippen LogP contribution in [0, 0.1) is 0 Å². The highest BCUT2D eigenvalue weighted by molar-refractivity contribution is 6.05. The van der Waals surface area contributed by atoms with E-state index in [0.29, 0.717) is 5.82 Å². The molecule has 320 valence electrons. The number of nitrogens with zero attached hydrogens (tertiary/aromatic N) is 2. The van der Waals surface area contributed by atoms with E-state index in [2.05, 4.69) is 250 Å². The van der Waals surface area contributed by atoms with Crippen molar-refractivity contribution in [2.24, 2.45) is 0 Å². The Bertz CT molecular complexity index is 3720. The molecule has 1 aromatic heterocycles. The number of rotatable bonds is 7. The van der Waals surface area contributed by atoms with Crippen molar-refractivity contribution in [1.82, 2.24) is 9.97 Å². The molecule has 0 N–H and O–H groups in total. The molecule has 2 heteroatoms. The average molecular weight is 867 g/mol. The van der Waals surface area contributed by atoms with Crippen LogP contribution in [0.5, 0.6) is 0 Å². The minimum absolute atomic E-state index is 0.0614. The molecule has 0 spiro atoms. The smallest absolute Gasteiger partial charge is 0.160 e. The Morgan fingerprint density at radius 3 is 1.53 bits per heavy atom. The number of hydrogen-bond donors (Lipinski definition) is 0. The minimum Gasteiger partial charge on any atom is -0.228 e. The van der Waals surface area contributed by atoms with Crippen molar-refractivity contribution < 1.29 is 0 Å². The van der Waals surface area contributed by atoms with E-state index in [-0.39, 0.29) is 5.41 Å². The van der Waals surface area contributed by atoms with E-state index < -0.39 is 5.41 Å². The van der Waals surface area contributed by atoms with E-state index in [1.54, 1.807) is 0 Å². The minimum atomic E-state index is -0.520. The molecular weight excluding hydrogens is 821 g/mol. The summed E-state index contributed by atoms with van der Waals surface area (Å²) in [6.45, 7) is 4.70. The Morgan fingerprint density at radius 1 is 0.294 bits per heavy atom. The van der Waals surface area contributed by atoms with Gasteiger partial charge in [-0.15, -0.1) is 0 Å². The largest absolute Gasteiger partial charge is 0.228 e. The average Bonchev–Trinajstić information content (AvgIpc) is 3.84. The monoisotopic (exact) mass is 866 g/mol. The van der Waals surface area contributed by atoms with E-state index in [4.69, 9.17) is 9.97 Å². The lowest BCUT2D eigenvalue weighted by Gasteiger charge is -2.34. The maximum atomic E-state index is 5.39. The van der Waals surface area contributed by atoms with Gasteiger partial charge in [-0.2, -0.15) is 0 Å². The first kappa shape index (κ1) is 39.9. The van der Waals surface area contributed by atoms with Crippen LogP contribution in [0.3, 0.4) is 0 Å². The third-order valence-corrected chi connectivity index (χ3v) is 14.8. The Balaban J connectivity index is 0.973. The Morgan fingerprint density at radius 2 is 0.794 bits per heavy atom. The maximum Gasteiger partial charge on any atom is 0.160 e. The summed E-state index contributed by atoms with van der Waals surface area (Å²) in [5, 5.41) is 2.33. The van der Waals surface area contributed by atoms with Gasteiger partial charge in [-0.05, 0) is 107 Å². The zero-order chi connectivity index (χ0) is 45.4. The topological polar surface area (TPSA) is 25.8 Å². The van der Waals surface area contributed by atoms with Crippen LogP contribution in [0.25, 0.3) is 89.2 Å². The van der Waals surface area contributed by atoms with Gasteiger partial charge in [0.15, 0.2) is 5.82 Å². The highest BCUT2D eigenvalue weighted by Crippen LogP contribution is 2.57. The third kappa shape index (κ3) is 6.04. The van der Waals surface area contributed by atoms with Gasteiger partial charge in [0.2, 0.25) is 0 Å². The van der Waals surface area contributed by atoms with E-state index in [1.165, 1.54) is 83.3 Å². The standard InChI is InChI=1S/C66H46N2/c1-65(2)57-33-16-15-31-56(57)63-50(32-19-35-59(63)65)45-23-18-22-44(40-45)49-38-39-55(52-29-13-12-28-51(49)52)62-42-61(67-64(68-62)43-20-6-3-7-21-43)46-36-37-54-53-30-14-17-34-58(53)66(60(54)41-46,47-24-8-4-9-25-47)48-26-10-5-11-27-48/h3-42H,1-2H3. The number of aromatic nitrogens is 2. The Labute approximate surface area is 398 Å². The summed E-state index contributed by atoms with van der Waals surface area (Å²) in [7, 11) is 0. The lowest BCUT2D eigenvalue weighted by Crippen LogP contribution is -2.28. The molecule has 1 heterocycles. The van der Waals surface area contributed by atoms with Crippen LogP contribution >= 0.6 is 0 Å². The number of fused-ring (bicyclic) bond motifs is 7. The fraction of sp³-hybridized carbons (Fsp3) is 0.0606. The Kier molecular flexibility index (Phi) is 9.13. The predicted molar refractivity (Wildman–Crippen MR) is 282 cm³/mol. The van der Waals surface area contributed by atoms with Crippen LogP contribution in [0.15, 0.2) is 243 Å². The van der Waals surface area contributed by atoms with Crippen LogP contribution in [0.2, 0.25) is 0 Å². The molecule has 2 aliphatic carbocycles. The van der Waals surface area contributed by atoms with Crippen LogP contribution in [-0.2, 0) is 10.8 Å². The predicted octanol–water partition coefficient (Wildman–Crippen LogP) is 16.6. The van der Waals surface area contributed by atoms with Gasteiger partial charge in [0, 0.05) is 22.1 Å². The molecule has 2 nitrogen and oxygen atoms in total. The summed E-state index contributed by atoms with van der Waals surface area (Å²) in [4.78, 5) is 10.8. The third-order valence-electron chi connectivity index (χ3n) is 14.8. The molecule has 0 atom stereocenters. The van der Waals surface area contributed by atoms with Crippen molar-refractivity contribution in [2.45, 2.75) is 24.7 Å². The molecule has 0 amide bonds. The molecule has 0 bridgehead atoms. The number of benzene rings is 10. The molecule has 0 saturated carbocycles. The molecule has 10 aromatic carbocycles. The van der Waals surface area contributed by atoms with E-state index in [0.717, 1.165) is 33.5 Å². The van der Waals surface area contributed by atoms with Crippen molar-refractivity contribution >= 4 is 10.8 Å². The van der Waals surface area contributed by atoms with Crippen LogP contribution in [0.1, 0.15) is 47.2 Å². The van der Waals surface area contributed by atoms with Gasteiger partial charge in [-0.1, -0.05) is 238 Å².